The molecule has 0 unspecified atom stereocenters. The average Bonchev–Trinajstić information content (AvgIpc) is 2.96. The predicted octanol–water partition coefficient (Wildman–Crippen LogP) is 3.36. The van der Waals surface area contributed by atoms with Gasteiger partial charge in [0.05, 0.1) is 5.56 Å². The number of ether oxygens (including phenoxy) is 1. The van der Waals surface area contributed by atoms with Crippen molar-refractivity contribution in [3.05, 3.63) is 35.0 Å². The number of aromatic amines is 1. The van der Waals surface area contributed by atoms with E-state index >= 15 is 0 Å². The monoisotopic (exact) mass is 342 g/mol. The molecule has 0 radical (unpaired) electrons. The molecular weight excluding hydrogens is 316 g/mol. The first kappa shape index (κ1) is 17.5. The summed E-state index contributed by atoms with van der Waals surface area (Å²) < 4.78 is 5.16. The summed E-state index contributed by atoms with van der Waals surface area (Å²) in [6.45, 7) is 5.92. The number of hydrogen-bond donors (Lipinski definition) is 2. The molecule has 0 spiro atoms. The zero-order valence-electron chi connectivity index (χ0n) is 15.1. The number of aromatic nitrogens is 1. The smallest absolute Gasteiger partial charge is 0.338 e. The Hall–Kier alpha value is -2.30. The molecule has 0 saturated carbocycles. The number of carbonyl (C=O) groups excluding carboxylic acids is 2. The molecule has 0 aliphatic heterocycles. The van der Waals surface area contributed by atoms with Gasteiger partial charge in [-0.3, -0.25) is 4.79 Å². The van der Waals surface area contributed by atoms with E-state index < -0.39 is 5.97 Å². The van der Waals surface area contributed by atoms with Crippen molar-refractivity contribution in [3.63, 3.8) is 0 Å². The molecule has 2 N–H and O–H groups in total. The molecular formula is C20H26N2O3. The molecule has 1 aliphatic rings. The third kappa shape index (κ3) is 3.86. The summed E-state index contributed by atoms with van der Waals surface area (Å²) in [5, 5.41) is 3.88. The number of amides is 1. The largest absolute Gasteiger partial charge is 0.452 e. The number of rotatable bonds is 5. The van der Waals surface area contributed by atoms with Crippen molar-refractivity contribution in [2.24, 2.45) is 5.92 Å². The van der Waals surface area contributed by atoms with Crippen molar-refractivity contribution < 1.29 is 14.3 Å². The van der Waals surface area contributed by atoms with E-state index in [1.807, 2.05) is 26.0 Å². The fraction of sp³-hybridized carbons (Fsp3) is 0.500. The molecule has 5 heteroatoms. The second kappa shape index (κ2) is 7.30. The van der Waals surface area contributed by atoms with Gasteiger partial charge in [0.2, 0.25) is 0 Å². The molecule has 2 aromatic rings. The number of nitrogens with one attached hydrogen (secondary N) is 2. The lowest BCUT2D eigenvalue weighted by Crippen LogP contribution is -2.35. The summed E-state index contributed by atoms with van der Waals surface area (Å²) in [4.78, 5) is 27.5. The van der Waals surface area contributed by atoms with E-state index in [4.69, 9.17) is 4.74 Å². The minimum atomic E-state index is -0.458. The van der Waals surface area contributed by atoms with Crippen molar-refractivity contribution in [3.8, 4) is 0 Å². The summed E-state index contributed by atoms with van der Waals surface area (Å²) in [5.41, 5.74) is 4.15. The summed E-state index contributed by atoms with van der Waals surface area (Å²) in [7, 11) is 0. The van der Waals surface area contributed by atoms with E-state index in [1.165, 1.54) is 17.7 Å². The molecule has 1 aliphatic carbocycles. The van der Waals surface area contributed by atoms with Crippen molar-refractivity contribution >= 4 is 22.8 Å². The molecule has 3 rings (SSSR count). The standard InChI is InChI=1S/C20H26N2O3/c1-4-13(3)21-19(23)11-25-20(24)14-6-8-18-16(10-14)15-9-12(2)5-7-17(15)22-18/h6,8,10,12-13,22H,4-5,7,9,11H2,1-3H3,(H,21,23)/t12-,13-/m1/s1. The number of H-pyrrole nitrogens is 1. The van der Waals surface area contributed by atoms with Crippen molar-refractivity contribution in [2.75, 3.05) is 6.61 Å². The first-order valence-electron chi connectivity index (χ1n) is 9.07. The van der Waals surface area contributed by atoms with Crippen LogP contribution in [0, 0.1) is 5.92 Å². The van der Waals surface area contributed by atoms with Gasteiger partial charge < -0.3 is 15.0 Å². The second-order valence-corrected chi connectivity index (χ2v) is 7.14. The topological polar surface area (TPSA) is 71.2 Å². The van der Waals surface area contributed by atoms with Gasteiger partial charge in [-0.1, -0.05) is 13.8 Å². The summed E-state index contributed by atoms with van der Waals surface area (Å²) in [5.74, 6) is -0.0667. The van der Waals surface area contributed by atoms with Crippen molar-refractivity contribution in [2.45, 2.75) is 52.5 Å². The number of benzene rings is 1. The SMILES string of the molecule is CC[C@@H](C)NC(=O)COC(=O)c1ccc2[nH]c3c(c2c1)C[C@H](C)CC3. The first-order valence-corrected chi connectivity index (χ1v) is 9.07. The summed E-state index contributed by atoms with van der Waals surface area (Å²) in [6, 6.07) is 5.64. The van der Waals surface area contributed by atoms with Crippen LogP contribution in [-0.2, 0) is 22.4 Å². The van der Waals surface area contributed by atoms with E-state index in [2.05, 4.69) is 17.2 Å². The van der Waals surface area contributed by atoms with Crippen LogP contribution in [0.2, 0.25) is 0 Å². The highest BCUT2D eigenvalue weighted by Crippen LogP contribution is 2.32. The van der Waals surface area contributed by atoms with Crippen LogP contribution in [0.25, 0.3) is 10.9 Å². The molecule has 1 amide bonds. The molecule has 0 fully saturated rings. The lowest BCUT2D eigenvalue weighted by Gasteiger charge is -2.18. The maximum absolute atomic E-state index is 12.3. The van der Waals surface area contributed by atoms with Gasteiger partial charge in [0.15, 0.2) is 6.61 Å². The maximum Gasteiger partial charge on any atom is 0.338 e. The molecule has 25 heavy (non-hydrogen) atoms. The Morgan fingerprint density at radius 2 is 2.20 bits per heavy atom. The first-order chi connectivity index (χ1) is 12.0. The highest BCUT2D eigenvalue weighted by Gasteiger charge is 2.21. The quantitative estimate of drug-likeness (QED) is 0.819. The third-order valence-electron chi connectivity index (χ3n) is 5.02. The van der Waals surface area contributed by atoms with Gasteiger partial charge >= 0.3 is 5.97 Å². The lowest BCUT2D eigenvalue weighted by molar-refractivity contribution is -0.124. The van der Waals surface area contributed by atoms with Crippen LogP contribution < -0.4 is 5.32 Å². The van der Waals surface area contributed by atoms with Crippen LogP contribution in [-0.4, -0.2) is 29.5 Å². The van der Waals surface area contributed by atoms with E-state index in [-0.39, 0.29) is 18.6 Å². The lowest BCUT2D eigenvalue weighted by atomic mass is 9.87. The van der Waals surface area contributed by atoms with Crippen LogP contribution in [0.15, 0.2) is 18.2 Å². The highest BCUT2D eigenvalue weighted by atomic mass is 16.5. The summed E-state index contributed by atoms with van der Waals surface area (Å²) in [6.07, 6.45) is 4.12. The van der Waals surface area contributed by atoms with E-state index in [0.717, 1.165) is 30.2 Å². The van der Waals surface area contributed by atoms with Crippen LogP contribution in [0.3, 0.4) is 0 Å². The Bertz CT molecular complexity index is 794. The van der Waals surface area contributed by atoms with E-state index in [9.17, 15) is 9.59 Å². The predicted molar refractivity (Wildman–Crippen MR) is 97.7 cm³/mol. The van der Waals surface area contributed by atoms with Crippen LogP contribution in [0.4, 0.5) is 0 Å². The fourth-order valence-electron chi connectivity index (χ4n) is 3.35. The second-order valence-electron chi connectivity index (χ2n) is 7.14. The van der Waals surface area contributed by atoms with Crippen LogP contribution in [0.5, 0.6) is 0 Å². The third-order valence-corrected chi connectivity index (χ3v) is 5.02. The highest BCUT2D eigenvalue weighted by molar-refractivity contribution is 5.97. The number of fused-ring (bicyclic) bond motifs is 3. The minimum absolute atomic E-state index is 0.0796. The molecule has 5 nitrogen and oxygen atoms in total. The molecule has 0 saturated heterocycles. The fourth-order valence-corrected chi connectivity index (χ4v) is 3.35. The Morgan fingerprint density at radius 1 is 1.40 bits per heavy atom. The molecule has 0 bridgehead atoms. The van der Waals surface area contributed by atoms with Gasteiger partial charge in [-0.15, -0.1) is 0 Å². The molecule has 1 aromatic heterocycles. The molecule has 1 heterocycles. The van der Waals surface area contributed by atoms with Crippen molar-refractivity contribution in [1.29, 1.82) is 0 Å². The summed E-state index contributed by atoms with van der Waals surface area (Å²) >= 11 is 0. The van der Waals surface area contributed by atoms with Crippen molar-refractivity contribution in [1.82, 2.24) is 10.3 Å². The van der Waals surface area contributed by atoms with Gasteiger partial charge in [0.1, 0.15) is 0 Å². The Kier molecular flexibility index (Phi) is 5.11. The zero-order chi connectivity index (χ0) is 18.0. The zero-order valence-corrected chi connectivity index (χ0v) is 15.1. The number of esters is 1. The van der Waals surface area contributed by atoms with Gasteiger partial charge in [-0.2, -0.15) is 0 Å². The van der Waals surface area contributed by atoms with E-state index in [1.54, 1.807) is 6.07 Å². The molecule has 134 valence electrons. The Labute approximate surface area is 148 Å². The van der Waals surface area contributed by atoms with Crippen LogP contribution in [0.1, 0.15) is 55.2 Å². The maximum atomic E-state index is 12.3. The molecule has 1 aromatic carbocycles. The molecule has 2 atom stereocenters. The Morgan fingerprint density at radius 3 is 2.96 bits per heavy atom. The van der Waals surface area contributed by atoms with Crippen LogP contribution >= 0.6 is 0 Å². The van der Waals surface area contributed by atoms with Gasteiger partial charge in [-0.05, 0) is 62.3 Å². The van der Waals surface area contributed by atoms with Gasteiger partial charge in [0, 0.05) is 22.6 Å². The van der Waals surface area contributed by atoms with Gasteiger partial charge in [0.25, 0.3) is 5.91 Å². The van der Waals surface area contributed by atoms with Gasteiger partial charge in [-0.25, -0.2) is 4.79 Å². The number of carbonyl (C=O) groups is 2. The normalized spacial score (nSPS) is 17.8. The number of hydrogen-bond acceptors (Lipinski definition) is 3. The van der Waals surface area contributed by atoms with E-state index in [0.29, 0.717) is 11.5 Å². The number of aryl methyl sites for hydroxylation is 1. The minimum Gasteiger partial charge on any atom is -0.452 e. The average molecular weight is 342 g/mol. The Balaban J connectivity index is 1.72.